The second-order valence-corrected chi connectivity index (χ2v) is 4.62. The van der Waals surface area contributed by atoms with Crippen molar-refractivity contribution in [1.82, 2.24) is 0 Å². The van der Waals surface area contributed by atoms with E-state index < -0.39 is 11.2 Å². The van der Waals surface area contributed by atoms with Crippen LogP contribution in [-0.2, 0) is 4.74 Å². The minimum atomic E-state index is -0.779. The zero-order valence-corrected chi connectivity index (χ0v) is 9.68. The summed E-state index contributed by atoms with van der Waals surface area (Å²) in [5, 5.41) is 9.78. The Balaban J connectivity index is 3.77. The smallest absolute Gasteiger partial charge is 0.0906 e. The number of rotatable bonds is 6. The molecule has 0 unspecified atom stereocenters. The minimum absolute atomic E-state index is 0.458. The molecule has 0 atom stereocenters. The van der Waals surface area contributed by atoms with Crippen LogP contribution in [-0.4, -0.2) is 22.9 Å². The Morgan fingerprint density at radius 3 is 2.00 bits per heavy atom. The number of hydrogen-bond donors (Lipinski definition) is 1. The Hall–Kier alpha value is -0.0800. The van der Waals surface area contributed by atoms with Gasteiger partial charge in [-0.3, -0.25) is 0 Å². The quantitative estimate of drug-likeness (QED) is 0.649. The van der Waals surface area contributed by atoms with E-state index in [1.54, 1.807) is 13.8 Å². The van der Waals surface area contributed by atoms with E-state index >= 15 is 0 Å². The maximum Gasteiger partial charge on any atom is 0.0906 e. The predicted octanol–water partition coefficient (Wildman–Crippen LogP) is 2.74. The van der Waals surface area contributed by atoms with Gasteiger partial charge in [0.1, 0.15) is 0 Å². The largest absolute Gasteiger partial charge is 0.387 e. The van der Waals surface area contributed by atoms with E-state index in [1.165, 1.54) is 12.8 Å². The molecular weight excluding hydrogens is 164 g/mol. The molecule has 0 fully saturated rings. The first-order valence-corrected chi connectivity index (χ1v) is 5.17. The van der Waals surface area contributed by atoms with Crippen molar-refractivity contribution in [1.29, 1.82) is 0 Å². The van der Waals surface area contributed by atoms with E-state index in [4.69, 9.17) is 4.74 Å². The number of aliphatic hydroxyl groups is 1. The van der Waals surface area contributed by atoms with Crippen LogP contribution in [0.2, 0.25) is 0 Å². The molecule has 0 aromatic carbocycles. The van der Waals surface area contributed by atoms with Gasteiger partial charge in [-0.15, -0.1) is 0 Å². The van der Waals surface area contributed by atoms with E-state index in [0.717, 1.165) is 13.0 Å². The molecule has 0 radical (unpaired) electrons. The molecule has 0 aliphatic carbocycles. The van der Waals surface area contributed by atoms with E-state index in [2.05, 4.69) is 6.92 Å². The first-order valence-electron chi connectivity index (χ1n) is 5.17. The van der Waals surface area contributed by atoms with Crippen LogP contribution >= 0.6 is 0 Å². The Bertz CT molecular complexity index is 134. The van der Waals surface area contributed by atoms with Gasteiger partial charge in [0.25, 0.3) is 0 Å². The third-order valence-electron chi connectivity index (χ3n) is 2.68. The molecule has 13 heavy (non-hydrogen) atoms. The number of unbranched alkanes of at least 4 members (excludes halogenated alkanes) is 2. The van der Waals surface area contributed by atoms with Crippen molar-refractivity contribution in [3.63, 3.8) is 0 Å². The third-order valence-corrected chi connectivity index (χ3v) is 2.68. The summed E-state index contributed by atoms with van der Waals surface area (Å²) in [6.45, 7) is 10.3. The Kier molecular flexibility index (Phi) is 4.93. The number of hydrogen-bond acceptors (Lipinski definition) is 2. The van der Waals surface area contributed by atoms with Crippen molar-refractivity contribution in [3.8, 4) is 0 Å². The Morgan fingerprint density at radius 1 is 1.08 bits per heavy atom. The molecule has 80 valence electrons. The van der Waals surface area contributed by atoms with Crippen molar-refractivity contribution in [2.24, 2.45) is 0 Å². The van der Waals surface area contributed by atoms with Gasteiger partial charge in [0, 0.05) is 6.61 Å². The number of ether oxygens (including phenoxy) is 1. The summed E-state index contributed by atoms with van der Waals surface area (Å²) in [6, 6.07) is 0. The monoisotopic (exact) mass is 188 g/mol. The van der Waals surface area contributed by atoms with Gasteiger partial charge < -0.3 is 9.84 Å². The second-order valence-electron chi connectivity index (χ2n) is 4.62. The molecule has 0 rings (SSSR count). The second kappa shape index (κ2) is 4.97. The highest BCUT2D eigenvalue weighted by atomic mass is 16.5. The summed E-state index contributed by atoms with van der Waals surface area (Å²) in [5.41, 5.74) is -1.24. The summed E-state index contributed by atoms with van der Waals surface area (Å²) in [7, 11) is 0. The highest BCUT2D eigenvalue weighted by Gasteiger charge is 2.35. The topological polar surface area (TPSA) is 29.5 Å². The van der Waals surface area contributed by atoms with E-state index in [1.807, 2.05) is 13.8 Å². The maximum atomic E-state index is 9.78. The highest BCUT2D eigenvalue weighted by Crippen LogP contribution is 2.25. The molecule has 0 bridgehead atoms. The van der Waals surface area contributed by atoms with Crippen molar-refractivity contribution in [3.05, 3.63) is 0 Å². The molecular formula is C11H24O2. The van der Waals surface area contributed by atoms with Crippen molar-refractivity contribution >= 4 is 0 Å². The molecule has 0 saturated carbocycles. The fraction of sp³-hybridized carbons (Fsp3) is 1.00. The van der Waals surface area contributed by atoms with Gasteiger partial charge in [0.05, 0.1) is 11.2 Å². The van der Waals surface area contributed by atoms with Crippen molar-refractivity contribution in [2.45, 2.75) is 65.1 Å². The van der Waals surface area contributed by atoms with Crippen LogP contribution < -0.4 is 0 Å². The third kappa shape index (κ3) is 4.63. The Morgan fingerprint density at radius 2 is 1.62 bits per heavy atom. The van der Waals surface area contributed by atoms with Crippen LogP contribution in [0, 0.1) is 0 Å². The summed E-state index contributed by atoms with van der Waals surface area (Å²) in [5.74, 6) is 0. The summed E-state index contributed by atoms with van der Waals surface area (Å²) in [6.07, 6.45) is 3.48. The molecule has 1 N–H and O–H groups in total. The van der Waals surface area contributed by atoms with Gasteiger partial charge in [0.2, 0.25) is 0 Å². The van der Waals surface area contributed by atoms with Gasteiger partial charge in [0.15, 0.2) is 0 Å². The van der Waals surface area contributed by atoms with Gasteiger partial charge >= 0.3 is 0 Å². The maximum absolute atomic E-state index is 9.78. The zero-order valence-electron chi connectivity index (χ0n) is 9.68. The van der Waals surface area contributed by atoms with Crippen LogP contribution in [0.25, 0.3) is 0 Å². The van der Waals surface area contributed by atoms with Gasteiger partial charge in [-0.05, 0) is 34.1 Å². The lowest BCUT2D eigenvalue weighted by molar-refractivity contribution is -0.147. The SMILES string of the molecule is CCCCCOC(C)(C)C(C)(C)O. The average molecular weight is 188 g/mol. The average Bonchev–Trinajstić information content (AvgIpc) is 1.96. The molecule has 0 aromatic rings. The van der Waals surface area contributed by atoms with Crippen LogP contribution in [0.15, 0.2) is 0 Å². The molecule has 0 saturated heterocycles. The first kappa shape index (κ1) is 12.9. The molecule has 0 amide bonds. The molecule has 0 aromatic heterocycles. The van der Waals surface area contributed by atoms with Crippen LogP contribution in [0.1, 0.15) is 53.9 Å². The van der Waals surface area contributed by atoms with E-state index in [-0.39, 0.29) is 0 Å². The first-order chi connectivity index (χ1) is 5.81. The molecule has 0 aliphatic heterocycles. The van der Waals surface area contributed by atoms with Gasteiger partial charge in [-0.25, -0.2) is 0 Å². The molecule has 2 nitrogen and oxygen atoms in total. The summed E-state index contributed by atoms with van der Waals surface area (Å²) in [4.78, 5) is 0. The van der Waals surface area contributed by atoms with Gasteiger partial charge in [-0.2, -0.15) is 0 Å². The molecule has 0 spiro atoms. The highest BCUT2D eigenvalue weighted by molar-refractivity contribution is 4.87. The normalized spacial score (nSPS) is 13.4. The van der Waals surface area contributed by atoms with Crippen LogP contribution in [0.3, 0.4) is 0 Å². The molecule has 0 aliphatic rings. The van der Waals surface area contributed by atoms with Crippen LogP contribution in [0.4, 0.5) is 0 Å². The fourth-order valence-corrected chi connectivity index (χ4v) is 0.856. The van der Waals surface area contributed by atoms with Crippen molar-refractivity contribution in [2.75, 3.05) is 6.61 Å². The zero-order chi connectivity index (χ0) is 10.5. The van der Waals surface area contributed by atoms with Gasteiger partial charge in [-0.1, -0.05) is 19.8 Å². The fourth-order valence-electron chi connectivity index (χ4n) is 0.856. The van der Waals surface area contributed by atoms with Crippen LogP contribution in [0.5, 0.6) is 0 Å². The lowest BCUT2D eigenvalue weighted by Crippen LogP contribution is -2.47. The summed E-state index contributed by atoms with van der Waals surface area (Å²) < 4.78 is 5.65. The lowest BCUT2D eigenvalue weighted by atomic mass is 9.89. The van der Waals surface area contributed by atoms with E-state index in [0.29, 0.717) is 0 Å². The Labute approximate surface area is 82.3 Å². The molecule has 2 heteroatoms. The van der Waals surface area contributed by atoms with E-state index in [9.17, 15) is 5.11 Å². The summed E-state index contributed by atoms with van der Waals surface area (Å²) >= 11 is 0. The van der Waals surface area contributed by atoms with Crippen molar-refractivity contribution < 1.29 is 9.84 Å². The minimum Gasteiger partial charge on any atom is -0.387 e. The lowest BCUT2D eigenvalue weighted by Gasteiger charge is -2.37. The molecule has 0 heterocycles. The standard InChI is InChI=1S/C11H24O2/c1-6-7-8-9-13-11(4,5)10(2,3)12/h12H,6-9H2,1-5H3. The predicted molar refractivity (Wildman–Crippen MR) is 55.9 cm³/mol.